The van der Waals surface area contributed by atoms with Crippen molar-refractivity contribution in [1.29, 1.82) is 0 Å². The standard InChI is InChI=1S/C17H20Cl2N2O/c18-14-13(1-2-20-15(14)19)16(22)21-9-17-6-10-3-11(7-17)5-12(4-10)8-17/h1-2,10-12H,3-9H2,(H,21,22). The highest BCUT2D eigenvalue weighted by atomic mass is 35.5. The number of hydrogen-bond acceptors (Lipinski definition) is 2. The predicted octanol–water partition coefficient (Wildman–Crippen LogP) is 4.33. The van der Waals surface area contributed by atoms with Crippen molar-refractivity contribution in [2.45, 2.75) is 38.5 Å². The number of amides is 1. The SMILES string of the molecule is O=C(NCC12CC3CC(CC(C3)C1)C2)c1ccnc(Cl)c1Cl. The molecule has 4 saturated carbocycles. The van der Waals surface area contributed by atoms with E-state index in [0.717, 1.165) is 24.3 Å². The molecule has 1 N–H and O–H groups in total. The lowest BCUT2D eigenvalue weighted by Crippen LogP contribution is -2.51. The molecule has 1 amide bonds. The van der Waals surface area contributed by atoms with Crippen LogP contribution in [0.2, 0.25) is 10.2 Å². The van der Waals surface area contributed by atoms with Gasteiger partial charge in [-0.25, -0.2) is 4.98 Å². The molecule has 4 aliphatic rings. The molecule has 0 aromatic carbocycles. The minimum Gasteiger partial charge on any atom is -0.351 e. The first kappa shape index (κ1) is 14.8. The van der Waals surface area contributed by atoms with Gasteiger partial charge in [-0.3, -0.25) is 4.79 Å². The first-order chi connectivity index (χ1) is 10.5. The fraction of sp³-hybridized carbons (Fsp3) is 0.647. The number of nitrogens with zero attached hydrogens (tertiary/aromatic N) is 1. The molecule has 0 unspecified atom stereocenters. The van der Waals surface area contributed by atoms with Crippen LogP contribution in [-0.4, -0.2) is 17.4 Å². The molecule has 1 heterocycles. The van der Waals surface area contributed by atoms with Crippen LogP contribution in [0.4, 0.5) is 0 Å². The molecule has 4 aliphatic carbocycles. The number of carbonyl (C=O) groups excluding carboxylic acids is 1. The van der Waals surface area contributed by atoms with E-state index in [2.05, 4.69) is 10.3 Å². The molecule has 1 aromatic rings. The topological polar surface area (TPSA) is 42.0 Å². The molecule has 0 saturated heterocycles. The highest BCUT2D eigenvalue weighted by Gasteiger charge is 2.50. The third kappa shape index (κ3) is 2.52. The third-order valence-corrected chi connectivity index (χ3v) is 6.65. The Hall–Kier alpha value is -0.800. The van der Waals surface area contributed by atoms with Crippen molar-refractivity contribution in [3.8, 4) is 0 Å². The summed E-state index contributed by atoms with van der Waals surface area (Å²) < 4.78 is 0. The van der Waals surface area contributed by atoms with Crippen LogP contribution in [0.15, 0.2) is 12.3 Å². The summed E-state index contributed by atoms with van der Waals surface area (Å²) in [4.78, 5) is 16.3. The van der Waals surface area contributed by atoms with Gasteiger partial charge in [-0.1, -0.05) is 23.2 Å². The number of carbonyl (C=O) groups is 1. The molecular weight excluding hydrogens is 319 g/mol. The van der Waals surface area contributed by atoms with E-state index in [1.54, 1.807) is 6.07 Å². The fourth-order valence-corrected chi connectivity index (χ4v) is 5.82. The Morgan fingerprint density at radius 2 is 1.77 bits per heavy atom. The number of pyridine rings is 1. The minimum absolute atomic E-state index is 0.134. The molecule has 4 fully saturated rings. The average molecular weight is 339 g/mol. The zero-order valence-electron chi connectivity index (χ0n) is 12.4. The van der Waals surface area contributed by atoms with E-state index in [4.69, 9.17) is 23.2 Å². The minimum atomic E-state index is -0.134. The van der Waals surface area contributed by atoms with Crippen LogP contribution in [0, 0.1) is 23.2 Å². The molecule has 5 rings (SSSR count). The lowest BCUT2D eigenvalue weighted by molar-refractivity contribution is -0.0503. The first-order valence-electron chi connectivity index (χ1n) is 8.13. The summed E-state index contributed by atoms with van der Waals surface area (Å²) in [7, 11) is 0. The maximum absolute atomic E-state index is 12.4. The van der Waals surface area contributed by atoms with Gasteiger partial charge in [-0.05, 0) is 67.8 Å². The van der Waals surface area contributed by atoms with E-state index < -0.39 is 0 Å². The monoisotopic (exact) mass is 338 g/mol. The van der Waals surface area contributed by atoms with Gasteiger partial charge in [0.2, 0.25) is 0 Å². The van der Waals surface area contributed by atoms with Crippen molar-refractivity contribution in [3.05, 3.63) is 28.0 Å². The Labute approximate surface area is 140 Å². The van der Waals surface area contributed by atoms with Gasteiger partial charge in [-0.2, -0.15) is 0 Å². The van der Waals surface area contributed by atoms with Gasteiger partial charge in [-0.15, -0.1) is 0 Å². The van der Waals surface area contributed by atoms with Crippen molar-refractivity contribution in [1.82, 2.24) is 10.3 Å². The molecule has 0 spiro atoms. The lowest BCUT2D eigenvalue weighted by atomic mass is 9.49. The van der Waals surface area contributed by atoms with Crippen LogP contribution in [0.3, 0.4) is 0 Å². The van der Waals surface area contributed by atoms with Gasteiger partial charge in [0.05, 0.1) is 10.6 Å². The summed E-state index contributed by atoms with van der Waals surface area (Å²) in [6, 6.07) is 1.63. The Kier molecular flexibility index (Phi) is 3.61. The summed E-state index contributed by atoms with van der Waals surface area (Å²) in [5.41, 5.74) is 0.750. The lowest BCUT2D eigenvalue weighted by Gasteiger charge is -2.56. The molecule has 0 aliphatic heterocycles. The molecule has 5 heteroatoms. The predicted molar refractivity (Wildman–Crippen MR) is 87.2 cm³/mol. The normalized spacial score (nSPS) is 35.6. The maximum Gasteiger partial charge on any atom is 0.252 e. The van der Waals surface area contributed by atoms with Crippen LogP contribution in [-0.2, 0) is 0 Å². The highest BCUT2D eigenvalue weighted by Crippen LogP contribution is 2.59. The smallest absolute Gasteiger partial charge is 0.252 e. The van der Waals surface area contributed by atoms with E-state index in [1.807, 2.05) is 0 Å². The van der Waals surface area contributed by atoms with Gasteiger partial charge >= 0.3 is 0 Å². The van der Waals surface area contributed by atoms with Crippen LogP contribution in [0.1, 0.15) is 48.9 Å². The number of halogens is 2. The van der Waals surface area contributed by atoms with Gasteiger partial charge < -0.3 is 5.32 Å². The number of rotatable bonds is 3. The van der Waals surface area contributed by atoms with Crippen LogP contribution >= 0.6 is 23.2 Å². The van der Waals surface area contributed by atoms with Crippen molar-refractivity contribution < 1.29 is 4.79 Å². The van der Waals surface area contributed by atoms with E-state index in [9.17, 15) is 4.79 Å². The molecular formula is C17H20Cl2N2O. The molecule has 3 nitrogen and oxygen atoms in total. The number of hydrogen-bond donors (Lipinski definition) is 1. The largest absolute Gasteiger partial charge is 0.351 e. The first-order valence-corrected chi connectivity index (χ1v) is 8.88. The van der Waals surface area contributed by atoms with Crippen molar-refractivity contribution in [3.63, 3.8) is 0 Å². The Morgan fingerprint density at radius 3 is 2.36 bits per heavy atom. The van der Waals surface area contributed by atoms with E-state index >= 15 is 0 Å². The maximum atomic E-state index is 12.4. The Morgan fingerprint density at radius 1 is 1.18 bits per heavy atom. The second kappa shape index (κ2) is 5.38. The molecule has 22 heavy (non-hydrogen) atoms. The van der Waals surface area contributed by atoms with E-state index in [-0.39, 0.29) is 16.1 Å². The van der Waals surface area contributed by atoms with Gasteiger partial charge in [0.25, 0.3) is 5.91 Å². The second-order valence-corrected chi connectivity index (χ2v) is 8.30. The molecule has 0 atom stereocenters. The van der Waals surface area contributed by atoms with Crippen LogP contribution in [0.5, 0.6) is 0 Å². The highest BCUT2D eigenvalue weighted by molar-refractivity contribution is 6.43. The van der Waals surface area contributed by atoms with Gasteiger partial charge in [0, 0.05) is 12.7 Å². The van der Waals surface area contributed by atoms with Crippen LogP contribution < -0.4 is 5.32 Å². The fourth-order valence-electron chi connectivity index (χ4n) is 5.46. The quantitative estimate of drug-likeness (QED) is 0.833. The van der Waals surface area contributed by atoms with Crippen LogP contribution in [0.25, 0.3) is 0 Å². The van der Waals surface area contributed by atoms with Crippen molar-refractivity contribution in [2.24, 2.45) is 23.2 Å². The summed E-state index contributed by atoms with van der Waals surface area (Å²) in [6.07, 6.45) is 9.61. The van der Waals surface area contributed by atoms with Crippen molar-refractivity contribution in [2.75, 3.05) is 6.54 Å². The number of nitrogens with one attached hydrogen (secondary N) is 1. The molecule has 1 aromatic heterocycles. The summed E-state index contributed by atoms with van der Waals surface area (Å²) in [5.74, 6) is 2.54. The van der Waals surface area contributed by atoms with Gasteiger partial charge in [0.15, 0.2) is 0 Å². The summed E-state index contributed by atoms with van der Waals surface area (Å²) in [6.45, 7) is 0.769. The zero-order valence-corrected chi connectivity index (χ0v) is 14.0. The molecule has 4 bridgehead atoms. The molecule has 0 radical (unpaired) electrons. The second-order valence-electron chi connectivity index (χ2n) is 7.56. The van der Waals surface area contributed by atoms with E-state index in [0.29, 0.717) is 11.0 Å². The zero-order chi connectivity index (χ0) is 15.3. The average Bonchev–Trinajstić information content (AvgIpc) is 2.46. The Balaban J connectivity index is 1.46. The number of aromatic nitrogens is 1. The van der Waals surface area contributed by atoms with E-state index in [1.165, 1.54) is 44.7 Å². The summed E-state index contributed by atoms with van der Waals surface area (Å²) >= 11 is 12.0. The Bertz CT molecular complexity index is 581. The van der Waals surface area contributed by atoms with Gasteiger partial charge in [0.1, 0.15) is 5.15 Å². The molecule has 118 valence electrons. The van der Waals surface area contributed by atoms with Crippen molar-refractivity contribution >= 4 is 29.1 Å². The summed E-state index contributed by atoms with van der Waals surface area (Å²) in [5, 5.41) is 3.54. The third-order valence-electron chi connectivity index (χ3n) is 5.88.